The minimum Gasteiger partial charge on any atom is -0.331 e. The predicted molar refractivity (Wildman–Crippen MR) is 93.6 cm³/mol. The molecular weight excluding hydrogens is 316 g/mol. The number of carbonyl (C=O) groups excluding carboxylic acids is 1. The van der Waals surface area contributed by atoms with Gasteiger partial charge in [0.1, 0.15) is 0 Å². The third-order valence-corrected chi connectivity index (χ3v) is 4.81. The SMILES string of the molecule is CCc1ccc(C(C)NC(=O)N(C)Cc2ccc(Cl)s2)cc1. The summed E-state index contributed by atoms with van der Waals surface area (Å²) in [6.45, 7) is 4.69. The van der Waals surface area contributed by atoms with Crippen molar-refractivity contribution < 1.29 is 4.79 Å². The molecule has 1 N–H and O–H groups in total. The average Bonchev–Trinajstić information content (AvgIpc) is 2.92. The Morgan fingerprint density at radius 1 is 1.27 bits per heavy atom. The molecule has 0 aliphatic rings. The van der Waals surface area contributed by atoms with E-state index in [1.54, 1.807) is 11.9 Å². The molecule has 0 aliphatic heterocycles. The van der Waals surface area contributed by atoms with Gasteiger partial charge in [-0.25, -0.2) is 4.79 Å². The van der Waals surface area contributed by atoms with Gasteiger partial charge >= 0.3 is 6.03 Å². The number of halogens is 1. The largest absolute Gasteiger partial charge is 0.331 e. The van der Waals surface area contributed by atoms with Crippen LogP contribution in [0.15, 0.2) is 36.4 Å². The van der Waals surface area contributed by atoms with E-state index in [9.17, 15) is 4.79 Å². The Balaban J connectivity index is 1.91. The maximum atomic E-state index is 12.2. The van der Waals surface area contributed by atoms with Crippen LogP contribution in [0.2, 0.25) is 4.34 Å². The standard InChI is InChI=1S/C17H21ClN2OS/c1-4-13-5-7-14(8-6-13)12(2)19-17(21)20(3)11-15-9-10-16(18)22-15/h5-10,12H,4,11H2,1-3H3,(H,19,21). The first-order chi connectivity index (χ1) is 10.5. The maximum Gasteiger partial charge on any atom is 0.317 e. The summed E-state index contributed by atoms with van der Waals surface area (Å²) in [6, 6.07) is 12.1. The van der Waals surface area contributed by atoms with Gasteiger partial charge in [-0.15, -0.1) is 11.3 Å². The molecular formula is C17H21ClN2OS. The van der Waals surface area contributed by atoms with E-state index in [4.69, 9.17) is 11.6 Å². The van der Waals surface area contributed by atoms with E-state index >= 15 is 0 Å². The zero-order valence-electron chi connectivity index (χ0n) is 13.1. The van der Waals surface area contributed by atoms with Crippen LogP contribution < -0.4 is 5.32 Å². The monoisotopic (exact) mass is 336 g/mol. The van der Waals surface area contributed by atoms with Crippen LogP contribution in [0.3, 0.4) is 0 Å². The molecule has 0 radical (unpaired) electrons. The molecule has 1 atom stereocenters. The Kier molecular flexibility index (Phi) is 5.86. The predicted octanol–water partition coefficient (Wildman–Crippen LogP) is 4.87. The first-order valence-electron chi connectivity index (χ1n) is 7.34. The number of rotatable bonds is 5. The molecule has 0 saturated carbocycles. The normalized spacial score (nSPS) is 12.0. The van der Waals surface area contributed by atoms with Gasteiger partial charge in [-0.2, -0.15) is 0 Å². The van der Waals surface area contributed by atoms with Crippen molar-refractivity contribution in [3.63, 3.8) is 0 Å². The van der Waals surface area contributed by atoms with Gasteiger partial charge in [0.2, 0.25) is 0 Å². The van der Waals surface area contributed by atoms with Crippen LogP contribution in [0.4, 0.5) is 4.79 Å². The van der Waals surface area contributed by atoms with Gasteiger partial charge in [0.05, 0.1) is 16.9 Å². The van der Waals surface area contributed by atoms with Gasteiger partial charge in [-0.05, 0) is 36.6 Å². The molecule has 22 heavy (non-hydrogen) atoms. The van der Waals surface area contributed by atoms with Crippen LogP contribution in [0.25, 0.3) is 0 Å². The molecule has 0 saturated heterocycles. The Labute approximate surface area is 140 Å². The van der Waals surface area contributed by atoms with Gasteiger partial charge in [0.25, 0.3) is 0 Å². The highest BCUT2D eigenvalue weighted by Crippen LogP contribution is 2.22. The van der Waals surface area contributed by atoms with E-state index < -0.39 is 0 Å². The van der Waals surface area contributed by atoms with Crippen molar-refractivity contribution >= 4 is 29.0 Å². The highest BCUT2D eigenvalue weighted by molar-refractivity contribution is 7.16. The Morgan fingerprint density at radius 3 is 2.50 bits per heavy atom. The van der Waals surface area contributed by atoms with Crippen molar-refractivity contribution in [3.8, 4) is 0 Å². The summed E-state index contributed by atoms with van der Waals surface area (Å²) < 4.78 is 0.744. The molecule has 0 bridgehead atoms. The van der Waals surface area contributed by atoms with Crippen LogP contribution in [0, 0.1) is 0 Å². The fourth-order valence-electron chi connectivity index (χ4n) is 2.16. The second-order valence-electron chi connectivity index (χ2n) is 5.33. The van der Waals surface area contributed by atoms with Crippen LogP contribution in [0.1, 0.15) is 35.9 Å². The smallest absolute Gasteiger partial charge is 0.317 e. The van der Waals surface area contributed by atoms with Crippen LogP contribution in [-0.2, 0) is 13.0 Å². The van der Waals surface area contributed by atoms with Crippen molar-refractivity contribution in [1.29, 1.82) is 0 Å². The lowest BCUT2D eigenvalue weighted by Crippen LogP contribution is -2.38. The molecule has 0 spiro atoms. The number of hydrogen-bond donors (Lipinski definition) is 1. The first-order valence-corrected chi connectivity index (χ1v) is 8.53. The summed E-state index contributed by atoms with van der Waals surface area (Å²) >= 11 is 7.41. The highest BCUT2D eigenvalue weighted by atomic mass is 35.5. The molecule has 1 heterocycles. The summed E-state index contributed by atoms with van der Waals surface area (Å²) in [5.74, 6) is 0. The number of urea groups is 1. The Hall–Kier alpha value is -1.52. The number of hydrogen-bond acceptors (Lipinski definition) is 2. The minimum absolute atomic E-state index is 0.0206. The average molecular weight is 337 g/mol. The Morgan fingerprint density at radius 2 is 1.95 bits per heavy atom. The van der Waals surface area contributed by atoms with Gasteiger partial charge in [0.15, 0.2) is 0 Å². The number of benzene rings is 1. The number of nitrogens with one attached hydrogen (secondary N) is 1. The summed E-state index contributed by atoms with van der Waals surface area (Å²) in [4.78, 5) is 15.0. The molecule has 2 aromatic rings. The summed E-state index contributed by atoms with van der Waals surface area (Å²) in [5, 5.41) is 3.02. The van der Waals surface area contributed by atoms with Crippen molar-refractivity contribution in [3.05, 3.63) is 56.7 Å². The fraction of sp³-hybridized carbons (Fsp3) is 0.353. The molecule has 1 unspecified atom stereocenters. The summed E-state index contributed by atoms with van der Waals surface area (Å²) in [5.41, 5.74) is 2.41. The van der Waals surface area contributed by atoms with Crippen molar-refractivity contribution in [2.24, 2.45) is 0 Å². The third-order valence-electron chi connectivity index (χ3n) is 3.60. The first kappa shape index (κ1) is 16.8. The molecule has 0 aliphatic carbocycles. The molecule has 5 heteroatoms. The molecule has 2 amide bonds. The van der Waals surface area contributed by atoms with Gasteiger partial charge < -0.3 is 10.2 Å². The third kappa shape index (κ3) is 4.49. The van der Waals surface area contributed by atoms with Gasteiger partial charge in [-0.3, -0.25) is 0 Å². The molecule has 3 nitrogen and oxygen atoms in total. The number of nitrogens with zero attached hydrogens (tertiary/aromatic N) is 1. The Bertz CT molecular complexity index is 624. The lowest BCUT2D eigenvalue weighted by Gasteiger charge is -2.21. The highest BCUT2D eigenvalue weighted by Gasteiger charge is 2.14. The van der Waals surface area contributed by atoms with Crippen LogP contribution >= 0.6 is 22.9 Å². The van der Waals surface area contributed by atoms with E-state index in [2.05, 4.69) is 36.5 Å². The number of carbonyl (C=O) groups is 1. The van der Waals surface area contributed by atoms with Gasteiger partial charge in [0, 0.05) is 11.9 Å². The van der Waals surface area contributed by atoms with E-state index in [1.807, 2.05) is 19.1 Å². The molecule has 118 valence electrons. The summed E-state index contributed by atoms with van der Waals surface area (Å²) in [7, 11) is 1.79. The number of aryl methyl sites for hydroxylation is 1. The van der Waals surface area contributed by atoms with E-state index in [1.165, 1.54) is 16.9 Å². The number of amides is 2. The fourth-order valence-corrected chi connectivity index (χ4v) is 3.30. The van der Waals surface area contributed by atoms with E-state index in [-0.39, 0.29) is 12.1 Å². The molecule has 1 aromatic carbocycles. The molecule has 2 rings (SSSR count). The van der Waals surface area contributed by atoms with E-state index in [0.717, 1.165) is 21.2 Å². The zero-order valence-corrected chi connectivity index (χ0v) is 14.7. The van der Waals surface area contributed by atoms with Crippen molar-refractivity contribution in [1.82, 2.24) is 10.2 Å². The van der Waals surface area contributed by atoms with Crippen LogP contribution in [0.5, 0.6) is 0 Å². The van der Waals surface area contributed by atoms with Crippen molar-refractivity contribution in [2.75, 3.05) is 7.05 Å². The summed E-state index contributed by atoms with van der Waals surface area (Å²) in [6.07, 6.45) is 1.02. The van der Waals surface area contributed by atoms with Gasteiger partial charge in [-0.1, -0.05) is 42.8 Å². The molecule has 0 fully saturated rings. The van der Waals surface area contributed by atoms with Crippen LogP contribution in [-0.4, -0.2) is 18.0 Å². The quantitative estimate of drug-likeness (QED) is 0.830. The van der Waals surface area contributed by atoms with E-state index in [0.29, 0.717) is 6.54 Å². The maximum absolute atomic E-state index is 12.2. The second-order valence-corrected chi connectivity index (χ2v) is 7.13. The zero-order chi connectivity index (χ0) is 16.1. The van der Waals surface area contributed by atoms with Crippen molar-refractivity contribution in [2.45, 2.75) is 32.9 Å². The molecule has 1 aromatic heterocycles. The number of thiophene rings is 1. The minimum atomic E-state index is -0.0865. The lowest BCUT2D eigenvalue weighted by atomic mass is 10.1. The lowest BCUT2D eigenvalue weighted by molar-refractivity contribution is 0.204. The second kappa shape index (κ2) is 7.65. The topological polar surface area (TPSA) is 32.3 Å².